The fraction of sp³-hybridized carbons (Fsp3) is 0.150. The summed E-state index contributed by atoms with van der Waals surface area (Å²) < 4.78 is 10.8. The number of halogens is 1. The number of carbonyl (C=O) groups is 1. The van der Waals surface area contributed by atoms with Gasteiger partial charge in [-0.1, -0.05) is 11.6 Å². The monoisotopic (exact) mass is 398 g/mol. The van der Waals surface area contributed by atoms with E-state index in [-0.39, 0.29) is 12.5 Å². The van der Waals surface area contributed by atoms with Crippen molar-refractivity contribution < 1.29 is 14.3 Å². The number of benzene rings is 2. The molecule has 7 nitrogen and oxygen atoms in total. The molecule has 2 N–H and O–H groups in total. The standard InChI is InChI=1S/C20H19ClN4O3/c1-2-27-16-9-5-15(6-10-16)22-18-11-12-19(25-24-18)23-20(26)13-28-17-7-3-14(21)4-8-17/h3-12H,2,13H2,1H3,(H,22,24)(H,23,25,26). The lowest BCUT2D eigenvalue weighted by molar-refractivity contribution is -0.118. The first-order chi connectivity index (χ1) is 13.6. The molecule has 8 heteroatoms. The molecular weight excluding hydrogens is 380 g/mol. The molecule has 1 aromatic heterocycles. The second-order valence-corrected chi connectivity index (χ2v) is 6.11. The van der Waals surface area contributed by atoms with Crippen molar-refractivity contribution in [2.75, 3.05) is 23.8 Å². The molecule has 144 valence electrons. The molecule has 2 aromatic carbocycles. The van der Waals surface area contributed by atoms with E-state index < -0.39 is 0 Å². The zero-order valence-electron chi connectivity index (χ0n) is 15.2. The van der Waals surface area contributed by atoms with Crippen molar-refractivity contribution in [3.05, 3.63) is 65.7 Å². The molecule has 0 fully saturated rings. The quantitative estimate of drug-likeness (QED) is 0.588. The largest absolute Gasteiger partial charge is 0.494 e. The van der Waals surface area contributed by atoms with Crippen LogP contribution in [0.3, 0.4) is 0 Å². The number of hydrogen-bond acceptors (Lipinski definition) is 6. The Morgan fingerprint density at radius 2 is 1.50 bits per heavy atom. The van der Waals surface area contributed by atoms with Crippen LogP contribution >= 0.6 is 11.6 Å². The van der Waals surface area contributed by atoms with Crippen LogP contribution in [-0.4, -0.2) is 29.3 Å². The predicted molar refractivity (Wildman–Crippen MR) is 109 cm³/mol. The summed E-state index contributed by atoms with van der Waals surface area (Å²) in [5.74, 6) is 1.91. The van der Waals surface area contributed by atoms with E-state index >= 15 is 0 Å². The summed E-state index contributed by atoms with van der Waals surface area (Å²) in [6, 6.07) is 17.7. The van der Waals surface area contributed by atoms with Crippen LogP contribution in [0.5, 0.6) is 11.5 Å². The third-order valence-electron chi connectivity index (χ3n) is 3.55. The minimum absolute atomic E-state index is 0.143. The number of nitrogens with one attached hydrogen (secondary N) is 2. The summed E-state index contributed by atoms with van der Waals surface area (Å²) in [6.45, 7) is 2.41. The molecule has 0 unspecified atom stereocenters. The summed E-state index contributed by atoms with van der Waals surface area (Å²) in [7, 11) is 0. The van der Waals surface area contributed by atoms with Crippen molar-refractivity contribution >= 4 is 34.8 Å². The van der Waals surface area contributed by atoms with Crippen LogP contribution in [0.25, 0.3) is 0 Å². The van der Waals surface area contributed by atoms with Gasteiger partial charge in [0.05, 0.1) is 6.61 Å². The van der Waals surface area contributed by atoms with Gasteiger partial charge >= 0.3 is 0 Å². The number of hydrogen-bond donors (Lipinski definition) is 2. The molecule has 0 radical (unpaired) electrons. The summed E-state index contributed by atoms with van der Waals surface area (Å²) in [4.78, 5) is 12.0. The van der Waals surface area contributed by atoms with Crippen molar-refractivity contribution in [2.45, 2.75) is 6.92 Å². The molecule has 28 heavy (non-hydrogen) atoms. The molecule has 3 rings (SSSR count). The van der Waals surface area contributed by atoms with E-state index in [2.05, 4.69) is 20.8 Å². The van der Waals surface area contributed by atoms with Crippen molar-refractivity contribution in [3.8, 4) is 11.5 Å². The number of carbonyl (C=O) groups excluding carboxylic acids is 1. The van der Waals surface area contributed by atoms with Gasteiger partial charge in [0.2, 0.25) is 0 Å². The zero-order valence-corrected chi connectivity index (χ0v) is 15.9. The van der Waals surface area contributed by atoms with Crippen molar-refractivity contribution in [1.29, 1.82) is 0 Å². The molecule has 0 aliphatic heterocycles. The van der Waals surface area contributed by atoms with Gasteiger partial charge in [-0.15, -0.1) is 10.2 Å². The second kappa shape index (κ2) is 9.57. The number of rotatable bonds is 8. The summed E-state index contributed by atoms with van der Waals surface area (Å²) in [5, 5.41) is 14.4. The average molecular weight is 399 g/mol. The van der Waals surface area contributed by atoms with Gasteiger partial charge < -0.3 is 20.1 Å². The molecule has 3 aromatic rings. The minimum Gasteiger partial charge on any atom is -0.494 e. The smallest absolute Gasteiger partial charge is 0.263 e. The van der Waals surface area contributed by atoms with E-state index in [0.717, 1.165) is 11.4 Å². The second-order valence-electron chi connectivity index (χ2n) is 5.68. The normalized spacial score (nSPS) is 10.2. The Morgan fingerprint density at radius 3 is 2.14 bits per heavy atom. The number of amides is 1. The molecule has 1 heterocycles. The molecule has 0 saturated carbocycles. The Bertz CT molecular complexity index is 900. The van der Waals surface area contributed by atoms with Crippen LogP contribution in [-0.2, 0) is 4.79 Å². The van der Waals surface area contributed by atoms with Gasteiger partial charge in [0.15, 0.2) is 18.2 Å². The van der Waals surface area contributed by atoms with Crippen molar-refractivity contribution in [2.24, 2.45) is 0 Å². The van der Waals surface area contributed by atoms with Crippen LogP contribution in [0.15, 0.2) is 60.7 Å². The van der Waals surface area contributed by atoms with Crippen LogP contribution in [0, 0.1) is 0 Å². The number of aromatic nitrogens is 2. The predicted octanol–water partition coefficient (Wildman–Crippen LogP) is 4.29. The number of ether oxygens (including phenoxy) is 2. The fourth-order valence-corrected chi connectivity index (χ4v) is 2.40. The molecular formula is C20H19ClN4O3. The SMILES string of the molecule is CCOc1ccc(Nc2ccc(NC(=O)COc3ccc(Cl)cc3)nn2)cc1. The first-order valence-corrected chi connectivity index (χ1v) is 9.02. The summed E-state index contributed by atoms with van der Waals surface area (Å²) in [6.07, 6.45) is 0. The highest BCUT2D eigenvalue weighted by atomic mass is 35.5. The molecule has 0 atom stereocenters. The molecule has 1 amide bonds. The third-order valence-corrected chi connectivity index (χ3v) is 3.81. The minimum atomic E-state index is -0.337. The van der Waals surface area contributed by atoms with Gasteiger partial charge in [0.25, 0.3) is 5.91 Å². The number of nitrogens with zero attached hydrogens (tertiary/aromatic N) is 2. The Kier molecular flexibility index (Phi) is 6.64. The van der Waals surface area contributed by atoms with E-state index in [9.17, 15) is 4.79 Å². The lowest BCUT2D eigenvalue weighted by Gasteiger charge is -2.08. The molecule has 0 spiro atoms. The van der Waals surface area contributed by atoms with E-state index in [1.807, 2.05) is 31.2 Å². The highest BCUT2D eigenvalue weighted by Gasteiger charge is 2.06. The lowest BCUT2D eigenvalue weighted by atomic mass is 10.3. The topological polar surface area (TPSA) is 85.4 Å². The first kappa shape index (κ1) is 19.4. The van der Waals surface area contributed by atoms with Gasteiger partial charge in [0.1, 0.15) is 11.5 Å². The lowest BCUT2D eigenvalue weighted by Crippen LogP contribution is -2.21. The van der Waals surface area contributed by atoms with Crippen LogP contribution in [0.4, 0.5) is 17.3 Å². The van der Waals surface area contributed by atoms with Gasteiger partial charge in [-0.25, -0.2) is 0 Å². The number of anilines is 3. The first-order valence-electron chi connectivity index (χ1n) is 8.64. The summed E-state index contributed by atoms with van der Waals surface area (Å²) in [5.41, 5.74) is 0.853. The highest BCUT2D eigenvalue weighted by Crippen LogP contribution is 2.19. The maximum Gasteiger partial charge on any atom is 0.263 e. The third kappa shape index (κ3) is 5.85. The summed E-state index contributed by atoms with van der Waals surface area (Å²) >= 11 is 5.80. The molecule has 0 bridgehead atoms. The van der Waals surface area contributed by atoms with E-state index in [1.54, 1.807) is 36.4 Å². The van der Waals surface area contributed by atoms with E-state index in [1.165, 1.54) is 0 Å². The maximum atomic E-state index is 12.0. The zero-order chi connectivity index (χ0) is 19.8. The molecule has 0 aliphatic carbocycles. The van der Waals surface area contributed by atoms with E-state index in [4.69, 9.17) is 21.1 Å². The van der Waals surface area contributed by atoms with Gasteiger partial charge in [0, 0.05) is 10.7 Å². The van der Waals surface area contributed by atoms with Crippen molar-refractivity contribution in [1.82, 2.24) is 10.2 Å². The molecule has 0 saturated heterocycles. The molecule has 0 aliphatic rings. The Balaban J connectivity index is 1.49. The fourth-order valence-electron chi connectivity index (χ4n) is 2.27. The highest BCUT2D eigenvalue weighted by molar-refractivity contribution is 6.30. The van der Waals surface area contributed by atoms with Crippen molar-refractivity contribution in [3.63, 3.8) is 0 Å². The van der Waals surface area contributed by atoms with Gasteiger partial charge in [-0.3, -0.25) is 4.79 Å². The van der Waals surface area contributed by atoms with Gasteiger partial charge in [-0.2, -0.15) is 0 Å². The van der Waals surface area contributed by atoms with Gasteiger partial charge in [-0.05, 0) is 67.6 Å². The Hall–Kier alpha value is -3.32. The maximum absolute atomic E-state index is 12.0. The Labute approximate surface area is 167 Å². The van der Waals surface area contributed by atoms with Crippen LogP contribution < -0.4 is 20.1 Å². The van der Waals surface area contributed by atoms with Crippen LogP contribution in [0.2, 0.25) is 5.02 Å². The van der Waals surface area contributed by atoms with E-state index in [0.29, 0.717) is 29.0 Å². The Morgan fingerprint density at radius 1 is 0.893 bits per heavy atom. The average Bonchev–Trinajstić information content (AvgIpc) is 2.71. The van der Waals surface area contributed by atoms with Crippen LogP contribution in [0.1, 0.15) is 6.92 Å².